The monoisotopic (exact) mass is 568 g/mol. The van der Waals surface area contributed by atoms with Crippen molar-refractivity contribution < 1.29 is 24.5 Å². The van der Waals surface area contributed by atoms with E-state index in [0.29, 0.717) is 35.9 Å². The van der Waals surface area contributed by atoms with Crippen LogP contribution in [0.2, 0.25) is 5.02 Å². The van der Waals surface area contributed by atoms with Crippen molar-refractivity contribution in [2.45, 2.75) is 64.1 Å². The van der Waals surface area contributed by atoms with Gasteiger partial charge in [0.15, 0.2) is 0 Å². The number of piperidine rings is 1. The van der Waals surface area contributed by atoms with Crippen LogP contribution in [0.5, 0.6) is 17.2 Å². The Bertz CT molecular complexity index is 1260. The Kier molecular flexibility index (Phi) is 7.43. The van der Waals surface area contributed by atoms with Gasteiger partial charge in [0.25, 0.3) is 5.91 Å². The van der Waals surface area contributed by atoms with E-state index < -0.39 is 6.10 Å². The fourth-order valence-corrected chi connectivity index (χ4v) is 7.90. The molecule has 2 aliphatic heterocycles. The van der Waals surface area contributed by atoms with Gasteiger partial charge in [0.1, 0.15) is 35.6 Å². The number of aliphatic hydroxyl groups excluding tert-OH is 1. The molecule has 3 saturated carbocycles. The molecule has 3 aliphatic carbocycles. The zero-order valence-corrected chi connectivity index (χ0v) is 24.3. The van der Waals surface area contributed by atoms with Crippen molar-refractivity contribution in [3.05, 3.63) is 52.5 Å². The normalized spacial score (nSPS) is 26.9. The molecule has 7 rings (SSSR count). The van der Waals surface area contributed by atoms with Gasteiger partial charge in [-0.15, -0.1) is 0 Å². The van der Waals surface area contributed by atoms with E-state index in [-0.39, 0.29) is 29.6 Å². The predicted molar refractivity (Wildman–Crippen MR) is 154 cm³/mol. The van der Waals surface area contributed by atoms with Crippen LogP contribution in [0.25, 0.3) is 0 Å². The average molecular weight is 569 g/mol. The third-order valence-electron chi connectivity index (χ3n) is 10.3. The van der Waals surface area contributed by atoms with Gasteiger partial charge in [-0.3, -0.25) is 4.79 Å². The molecule has 0 unspecified atom stereocenters. The van der Waals surface area contributed by atoms with Crippen LogP contribution in [0.15, 0.2) is 36.4 Å². The number of likely N-dealkylation sites (tertiary alicyclic amines) is 1. The fourth-order valence-electron chi connectivity index (χ4n) is 7.70. The maximum absolute atomic E-state index is 13.1. The lowest BCUT2D eigenvalue weighted by Gasteiger charge is -2.60. The molecule has 0 radical (unpaired) electrons. The number of phenolic OH excluding ortho intramolecular Hbond substituents is 1. The molecule has 40 heavy (non-hydrogen) atoms. The second-order valence-corrected chi connectivity index (χ2v) is 13.5. The molecule has 216 valence electrons. The number of rotatable bonds is 8. The van der Waals surface area contributed by atoms with Crippen molar-refractivity contribution in [1.29, 1.82) is 0 Å². The number of phenols is 1. The molecule has 5 aliphatic rings. The molecule has 1 amide bonds. The van der Waals surface area contributed by atoms with Gasteiger partial charge >= 0.3 is 0 Å². The maximum atomic E-state index is 13.1. The lowest BCUT2D eigenvalue weighted by molar-refractivity contribution is -0.103. The van der Waals surface area contributed by atoms with Gasteiger partial charge in [-0.25, -0.2) is 0 Å². The molecule has 4 fully saturated rings. The summed E-state index contributed by atoms with van der Waals surface area (Å²) in [5.41, 5.74) is 1.72. The van der Waals surface area contributed by atoms with Crippen molar-refractivity contribution in [1.82, 2.24) is 10.2 Å². The molecule has 4 atom stereocenters. The summed E-state index contributed by atoms with van der Waals surface area (Å²) in [5.74, 6) is 3.02. The predicted octanol–water partition coefficient (Wildman–Crippen LogP) is 5.06. The summed E-state index contributed by atoms with van der Waals surface area (Å²) in [7, 11) is 0. The summed E-state index contributed by atoms with van der Waals surface area (Å²) in [6.07, 6.45) is 5.56. The molecular formula is C32H41ClN2O5. The first-order valence-electron chi connectivity index (χ1n) is 14.7. The Morgan fingerprint density at radius 1 is 1.20 bits per heavy atom. The standard InChI is InChI=1S/C32H41ClN2O5/c1-31(2)22-4-3-20(27(31)14-22)17-34-30(38)26-7-6-24(36)15-29(26)39-19-25(37)18-35-11-9-32(10-12-35)16-21-13-23(33)5-8-28(21)40-32/h5-8,13,15,20,22,25,27,36-37H,3-4,9-12,14,16-19H2,1-2H3,(H,34,38)/t20-,22+,25-,27+/m1/s1. The lowest BCUT2D eigenvalue weighted by atomic mass is 9.45. The second kappa shape index (κ2) is 10.7. The largest absolute Gasteiger partial charge is 0.508 e. The first-order valence-corrected chi connectivity index (χ1v) is 15.1. The molecule has 2 aromatic rings. The molecule has 1 spiro atoms. The number of hydrogen-bond acceptors (Lipinski definition) is 6. The van der Waals surface area contributed by atoms with Crippen LogP contribution in [0, 0.1) is 23.2 Å². The van der Waals surface area contributed by atoms with Crippen LogP contribution in [0.4, 0.5) is 0 Å². The number of aromatic hydroxyl groups is 1. The Labute approximate surface area is 241 Å². The highest BCUT2D eigenvalue weighted by Gasteiger charge is 2.54. The van der Waals surface area contributed by atoms with E-state index in [2.05, 4.69) is 24.1 Å². The zero-order chi connectivity index (χ0) is 28.1. The molecule has 8 heteroatoms. The maximum Gasteiger partial charge on any atom is 0.255 e. The van der Waals surface area contributed by atoms with E-state index in [1.807, 2.05) is 18.2 Å². The topological polar surface area (TPSA) is 91.3 Å². The number of benzene rings is 2. The van der Waals surface area contributed by atoms with Gasteiger partial charge in [0.2, 0.25) is 0 Å². The number of halogens is 1. The van der Waals surface area contributed by atoms with E-state index >= 15 is 0 Å². The summed E-state index contributed by atoms with van der Waals surface area (Å²) in [6, 6.07) is 10.4. The quantitative estimate of drug-likeness (QED) is 0.412. The summed E-state index contributed by atoms with van der Waals surface area (Å²) < 4.78 is 12.2. The molecule has 2 bridgehead atoms. The van der Waals surface area contributed by atoms with Gasteiger partial charge in [-0.2, -0.15) is 0 Å². The minimum atomic E-state index is -0.733. The number of nitrogens with one attached hydrogen (secondary N) is 1. The number of β-amino-alcohol motifs (C(OH)–C–C–N with tert-alkyl or cyclic N) is 1. The average Bonchev–Trinajstić information content (AvgIpc) is 3.28. The minimum absolute atomic E-state index is 0.0238. The van der Waals surface area contributed by atoms with Crippen molar-refractivity contribution in [3.63, 3.8) is 0 Å². The van der Waals surface area contributed by atoms with Crippen LogP contribution < -0.4 is 14.8 Å². The summed E-state index contributed by atoms with van der Waals surface area (Å²) in [4.78, 5) is 15.4. The fraction of sp³-hybridized carbons (Fsp3) is 0.594. The van der Waals surface area contributed by atoms with Gasteiger partial charge in [-0.05, 0) is 78.3 Å². The van der Waals surface area contributed by atoms with Crippen LogP contribution in [0.1, 0.15) is 61.9 Å². The molecule has 3 N–H and O–H groups in total. The van der Waals surface area contributed by atoms with E-state index in [4.69, 9.17) is 21.1 Å². The van der Waals surface area contributed by atoms with Crippen molar-refractivity contribution >= 4 is 17.5 Å². The highest BCUT2D eigenvalue weighted by Crippen LogP contribution is 2.61. The minimum Gasteiger partial charge on any atom is -0.508 e. The van der Waals surface area contributed by atoms with Gasteiger partial charge in [-0.1, -0.05) is 25.4 Å². The Hall–Kier alpha value is -2.48. The number of amides is 1. The third-order valence-corrected chi connectivity index (χ3v) is 10.5. The van der Waals surface area contributed by atoms with Crippen molar-refractivity contribution in [3.8, 4) is 17.2 Å². The van der Waals surface area contributed by atoms with Gasteiger partial charge < -0.3 is 29.9 Å². The molecule has 2 heterocycles. The van der Waals surface area contributed by atoms with Crippen LogP contribution in [-0.4, -0.2) is 65.5 Å². The van der Waals surface area contributed by atoms with Crippen molar-refractivity contribution in [2.75, 3.05) is 32.8 Å². The summed E-state index contributed by atoms with van der Waals surface area (Å²) in [6.45, 7) is 7.51. The first-order chi connectivity index (χ1) is 19.1. The number of aliphatic hydroxyl groups is 1. The van der Waals surface area contributed by atoms with Gasteiger partial charge in [0, 0.05) is 56.5 Å². The molecule has 1 saturated heterocycles. The second-order valence-electron chi connectivity index (χ2n) is 13.1. The first kappa shape index (κ1) is 27.7. The van der Waals surface area contributed by atoms with Crippen LogP contribution in [-0.2, 0) is 6.42 Å². The van der Waals surface area contributed by atoms with E-state index in [1.165, 1.54) is 30.5 Å². The Balaban J connectivity index is 0.989. The van der Waals surface area contributed by atoms with E-state index in [9.17, 15) is 15.0 Å². The summed E-state index contributed by atoms with van der Waals surface area (Å²) >= 11 is 6.17. The highest BCUT2D eigenvalue weighted by atomic mass is 35.5. The van der Waals surface area contributed by atoms with Gasteiger partial charge in [0.05, 0.1) is 5.56 Å². The molecule has 0 aromatic heterocycles. The number of nitrogens with zero attached hydrogens (tertiary/aromatic N) is 1. The number of ether oxygens (including phenoxy) is 2. The SMILES string of the molecule is CC1(C)[C@H]2CC[C@H](CNC(=O)c3ccc(O)cc3OC[C@H](O)CN3CCC4(CC3)Cc3cc(Cl)ccc3O4)[C@@H]1C2. The number of carbonyl (C=O) groups excluding carboxylic acids is 1. The summed E-state index contributed by atoms with van der Waals surface area (Å²) in [5, 5.41) is 24.7. The number of fused-ring (bicyclic) bond motifs is 3. The lowest BCUT2D eigenvalue weighted by Crippen LogP contribution is -2.54. The molecule has 2 aromatic carbocycles. The molecule has 7 nitrogen and oxygen atoms in total. The van der Waals surface area contributed by atoms with E-state index in [0.717, 1.165) is 55.5 Å². The smallest absolute Gasteiger partial charge is 0.255 e. The van der Waals surface area contributed by atoms with E-state index in [1.54, 1.807) is 6.07 Å². The van der Waals surface area contributed by atoms with Crippen LogP contribution in [0.3, 0.4) is 0 Å². The zero-order valence-electron chi connectivity index (χ0n) is 23.5. The van der Waals surface area contributed by atoms with Crippen LogP contribution >= 0.6 is 11.6 Å². The number of hydrogen-bond donors (Lipinski definition) is 3. The number of carbonyl (C=O) groups is 1. The Morgan fingerprint density at radius 3 is 2.75 bits per heavy atom. The Morgan fingerprint density at radius 2 is 2.00 bits per heavy atom. The van der Waals surface area contributed by atoms with Crippen molar-refractivity contribution in [2.24, 2.45) is 23.2 Å². The highest BCUT2D eigenvalue weighted by molar-refractivity contribution is 6.30. The third kappa shape index (κ3) is 5.40. The molecular weight excluding hydrogens is 528 g/mol.